The number of halogens is 2. The molecule has 162 valence electrons. The van der Waals surface area contributed by atoms with Crippen molar-refractivity contribution in [2.75, 3.05) is 5.75 Å². The molecule has 0 aliphatic carbocycles. The number of hydrogen-bond acceptors (Lipinski definition) is 3. The SMILES string of the molecule is CC[C@H](C)NC(=O)[C@@H](C)N(Cc1ccc(Br)cc1)C(=O)CSCc1ccccc1F. The quantitative estimate of drug-likeness (QED) is 0.496. The minimum atomic E-state index is -0.607. The fraction of sp³-hybridized carbons (Fsp3) is 0.391. The van der Waals surface area contributed by atoms with Crippen LogP contribution in [0.4, 0.5) is 4.39 Å². The van der Waals surface area contributed by atoms with Crippen LogP contribution >= 0.6 is 27.7 Å². The van der Waals surface area contributed by atoms with E-state index in [1.165, 1.54) is 17.8 Å². The molecule has 0 aliphatic heterocycles. The highest BCUT2D eigenvalue weighted by Gasteiger charge is 2.26. The van der Waals surface area contributed by atoms with Gasteiger partial charge < -0.3 is 10.2 Å². The Morgan fingerprint density at radius 3 is 2.43 bits per heavy atom. The van der Waals surface area contributed by atoms with Crippen molar-refractivity contribution in [2.45, 2.75) is 51.6 Å². The second kappa shape index (κ2) is 12.1. The molecule has 0 fully saturated rings. The van der Waals surface area contributed by atoms with Crippen molar-refractivity contribution in [3.05, 3.63) is 69.9 Å². The topological polar surface area (TPSA) is 49.4 Å². The molecule has 0 spiro atoms. The van der Waals surface area contributed by atoms with Crippen LogP contribution < -0.4 is 5.32 Å². The fourth-order valence-corrected chi connectivity index (χ4v) is 3.94. The van der Waals surface area contributed by atoms with Crippen LogP contribution in [0, 0.1) is 5.82 Å². The molecule has 2 aromatic carbocycles. The predicted molar refractivity (Wildman–Crippen MR) is 125 cm³/mol. The maximum Gasteiger partial charge on any atom is 0.242 e. The van der Waals surface area contributed by atoms with Gasteiger partial charge in [-0.2, -0.15) is 0 Å². The average Bonchev–Trinajstić information content (AvgIpc) is 2.73. The van der Waals surface area contributed by atoms with Crippen LogP contribution in [-0.4, -0.2) is 34.6 Å². The zero-order chi connectivity index (χ0) is 22.1. The van der Waals surface area contributed by atoms with Gasteiger partial charge in [0.1, 0.15) is 11.9 Å². The molecule has 0 heterocycles. The lowest BCUT2D eigenvalue weighted by Gasteiger charge is -2.29. The Kier molecular flexibility index (Phi) is 9.85. The van der Waals surface area contributed by atoms with E-state index in [9.17, 15) is 14.0 Å². The number of carbonyl (C=O) groups excluding carboxylic acids is 2. The first-order valence-corrected chi connectivity index (χ1v) is 11.9. The Bertz CT molecular complexity index is 847. The smallest absolute Gasteiger partial charge is 0.242 e. The van der Waals surface area contributed by atoms with Gasteiger partial charge >= 0.3 is 0 Å². The van der Waals surface area contributed by atoms with Crippen LogP contribution in [0.15, 0.2) is 53.0 Å². The highest BCUT2D eigenvalue weighted by atomic mass is 79.9. The molecule has 0 bridgehead atoms. The maximum absolute atomic E-state index is 13.8. The molecule has 2 aromatic rings. The van der Waals surface area contributed by atoms with Crippen LogP contribution in [0.25, 0.3) is 0 Å². The van der Waals surface area contributed by atoms with Crippen molar-refractivity contribution < 1.29 is 14.0 Å². The molecule has 7 heteroatoms. The van der Waals surface area contributed by atoms with Crippen molar-refractivity contribution >= 4 is 39.5 Å². The highest BCUT2D eigenvalue weighted by Crippen LogP contribution is 2.19. The lowest BCUT2D eigenvalue weighted by molar-refractivity contribution is -0.138. The molecular formula is C23H28BrFN2O2S. The van der Waals surface area contributed by atoms with E-state index in [4.69, 9.17) is 0 Å². The Morgan fingerprint density at radius 1 is 1.13 bits per heavy atom. The van der Waals surface area contributed by atoms with Crippen molar-refractivity contribution in [1.82, 2.24) is 10.2 Å². The first kappa shape index (κ1) is 24.4. The summed E-state index contributed by atoms with van der Waals surface area (Å²) in [6, 6.07) is 13.7. The van der Waals surface area contributed by atoms with Crippen LogP contribution in [-0.2, 0) is 21.9 Å². The number of hydrogen-bond donors (Lipinski definition) is 1. The summed E-state index contributed by atoms with van der Waals surface area (Å²) in [4.78, 5) is 27.3. The minimum absolute atomic E-state index is 0.0417. The van der Waals surface area contributed by atoms with Gasteiger partial charge in [-0.25, -0.2) is 4.39 Å². The van der Waals surface area contributed by atoms with Gasteiger partial charge in [-0.05, 0) is 49.6 Å². The number of nitrogens with zero attached hydrogens (tertiary/aromatic N) is 1. The zero-order valence-electron chi connectivity index (χ0n) is 17.5. The first-order valence-electron chi connectivity index (χ1n) is 9.97. The summed E-state index contributed by atoms with van der Waals surface area (Å²) in [5.74, 6) is -0.0190. The Labute approximate surface area is 190 Å². The van der Waals surface area contributed by atoms with E-state index < -0.39 is 6.04 Å². The number of rotatable bonds is 10. The fourth-order valence-electron chi connectivity index (χ4n) is 2.78. The summed E-state index contributed by atoms with van der Waals surface area (Å²) in [5, 5.41) is 2.95. The van der Waals surface area contributed by atoms with Gasteiger partial charge in [0, 0.05) is 22.8 Å². The van der Waals surface area contributed by atoms with Gasteiger partial charge in [0.15, 0.2) is 0 Å². The van der Waals surface area contributed by atoms with Gasteiger partial charge in [-0.15, -0.1) is 11.8 Å². The van der Waals surface area contributed by atoms with E-state index in [1.54, 1.807) is 30.0 Å². The molecule has 1 N–H and O–H groups in total. The lowest BCUT2D eigenvalue weighted by atomic mass is 10.1. The van der Waals surface area contributed by atoms with Gasteiger partial charge in [0.05, 0.1) is 5.75 Å². The minimum Gasteiger partial charge on any atom is -0.352 e. The zero-order valence-corrected chi connectivity index (χ0v) is 19.9. The molecule has 4 nitrogen and oxygen atoms in total. The van der Waals surface area contributed by atoms with Gasteiger partial charge in [0.2, 0.25) is 11.8 Å². The Balaban J connectivity index is 2.08. The third-order valence-electron chi connectivity index (χ3n) is 4.88. The predicted octanol–water partition coefficient (Wildman–Crippen LogP) is 5.15. The largest absolute Gasteiger partial charge is 0.352 e. The molecule has 2 atom stereocenters. The standard InChI is InChI=1S/C23H28BrFN2O2S/c1-4-16(2)26-23(29)17(3)27(13-18-9-11-20(24)12-10-18)22(28)15-30-14-19-7-5-6-8-21(19)25/h5-12,16-17H,4,13-15H2,1-3H3,(H,26,29)/t16-,17+/m0/s1. The number of nitrogens with one attached hydrogen (secondary N) is 1. The third-order valence-corrected chi connectivity index (χ3v) is 6.37. The molecule has 0 saturated carbocycles. The number of benzene rings is 2. The number of amides is 2. The van der Waals surface area contributed by atoms with E-state index in [-0.39, 0.29) is 29.4 Å². The van der Waals surface area contributed by atoms with Crippen LogP contribution in [0.2, 0.25) is 0 Å². The summed E-state index contributed by atoms with van der Waals surface area (Å²) >= 11 is 4.76. The molecule has 0 aliphatic rings. The summed E-state index contributed by atoms with van der Waals surface area (Å²) in [7, 11) is 0. The van der Waals surface area contributed by atoms with Gasteiger partial charge in [-0.1, -0.05) is 53.2 Å². The summed E-state index contributed by atoms with van der Waals surface area (Å²) in [5.41, 5.74) is 1.51. The second-order valence-corrected chi connectivity index (χ2v) is 9.13. The van der Waals surface area contributed by atoms with Crippen molar-refractivity contribution in [3.63, 3.8) is 0 Å². The molecule has 2 rings (SSSR count). The summed E-state index contributed by atoms with van der Waals surface area (Å²) in [6.07, 6.45) is 0.817. The van der Waals surface area contributed by atoms with Crippen molar-refractivity contribution in [1.29, 1.82) is 0 Å². The van der Waals surface area contributed by atoms with E-state index >= 15 is 0 Å². The maximum atomic E-state index is 13.8. The Morgan fingerprint density at radius 2 is 1.80 bits per heavy atom. The third kappa shape index (κ3) is 7.43. The molecular weight excluding hydrogens is 467 g/mol. The first-order chi connectivity index (χ1) is 14.3. The lowest BCUT2D eigenvalue weighted by Crippen LogP contribution is -2.50. The molecule has 0 aromatic heterocycles. The average molecular weight is 495 g/mol. The van der Waals surface area contributed by atoms with E-state index in [0.717, 1.165) is 16.5 Å². The molecule has 2 amide bonds. The normalized spacial score (nSPS) is 12.8. The van der Waals surface area contributed by atoms with Crippen LogP contribution in [0.5, 0.6) is 0 Å². The van der Waals surface area contributed by atoms with Crippen molar-refractivity contribution in [3.8, 4) is 0 Å². The number of thioether (sulfide) groups is 1. The molecule has 0 radical (unpaired) electrons. The highest BCUT2D eigenvalue weighted by molar-refractivity contribution is 9.10. The van der Waals surface area contributed by atoms with Crippen LogP contribution in [0.3, 0.4) is 0 Å². The van der Waals surface area contributed by atoms with Crippen LogP contribution in [0.1, 0.15) is 38.3 Å². The monoisotopic (exact) mass is 494 g/mol. The van der Waals surface area contributed by atoms with E-state index in [0.29, 0.717) is 17.9 Å². The second-order valence-electron chi connectivity index (χ2n) is 7.23. The summed E-state index contributed by atoms with van der Waals surface area (Å²) in [6.45, 7) is 6.02. The van der Waals surface area contributed by atoms with Crippen molar-refractivity contribution in [2.24, 2.45) is 0 Å². The summed E-state index contributed by atoms with van der Waals surface area (Å²) < 4.78 is 14.8. The van der Waals surface area contributed by atoms with E-state index in [2.05, 4.69) is 21.2 Å². The molecule has 0 saturated heterocycles. The Hall–Kier alpha value is -1.86. The molecule has 30 heavy (non-hydrogen) atoms. The number of carbonyl (C=O) groups is 2. The van der Waals surface area contributed by atoms with Gasteiger partial charge in [0.25, 0.3) is 0 Å². The molecule has 0 unspecified atom stereocenters. The van der Waals surface area contributed by atoms with E-state index in [1.807, 2.05) is 38.1 Å². The van der Waals surface area contributed by atoms with Gasteiger partial charge in [-0.3, -0.25) is 9.59 Å².